The second-order valence-corrected chi connectivity index (χ2v) is 5.51. The Balaban J connectivity index is 2.27. The zero-order valence-electron chi connectivity index (χ0n) is 10.0. The largest absolute Gasteiger partial charge is 0.289 e. The predicted molar refractivity (Wildman–Crippen MR) is 77.7 cm³/mol. The molecule has 0 bridgehead atoms. The second kappa shape index (κ2) is 6.07. The lowest BCUT2D eigenvalue weighted by atomic mass is 10.0. The van der Waals surface area contributed by atoms with E-state index in [0.29, 0.717) is 16.1 Å². The van der Waals surface area contributed by atoms with Gasteiger partial charge in [0, 0.05) is 16.0 Å². The van der Waals surface area contributed by atoms with E-state index in [1.807, 2.05) is 36.4 Å². The van der Waals surface area contributed by atoms with E-state index < -0.39 is 0 Å². The van der Waals surface area contributed by atoms with E-state index in [1.54, 1.807) is 23.9 Å². The van der Waals surface area contributed by atoms with Crippen molar-refractivity contribution in [3.63, 3.8) is 0 Å². The van der Waals surface area contributed by atoms with Gasteiger partial charge in [0.05, 0.1) is 5.02 Å². The van der Waals surface area contributed by atoms with Gasteiger partial charge < -0.3 is 0 Å². The van der Waals surface area contributed by atoms with E-state index >= 15 is 0 Å². The van der Waals surface area contributed by atoms with Gasteiger partial charge in [0.25, 0.3) is 0 Å². The van der Waals surface area contributed by atoms with Crippen molar-refractivity contribution in [3.05, 3.63) is 64.7 Å². The third kappa shape index (κ3) is 2.95. The van der Waals surface area contributed by atoms with Crippen LogP contribution in [0.3, 0.4) is 0 Å². The van der Waals surface area contributed by atoms with Crippen molar-refractivity contribution in [3.8, 4) is 0 Å². The molecule has 0 aliphatic rings. The van der Waals surface area contributed by atoms with Crippen molar-refractivity contribution in [1.82, 2.24) is 0 Å². The molecule has 2 rings (SSSR count). The van der Waals surface area contributed by atoms with Crippen LogP contribution in [-0.4, -0.2) is 11.5 Å². The monoisotopic (exact) mass is 276 g/mol. The second-order valence-electron chi connectivity index (χ2n) is 3.77. The van der Waals surface area contributed by atoms with Crippen LogP contribution in [0.2, 0.25) is 5.02 Å². The Morgan fingerprint density at radius 3 is 2.39 bits per heavy atom. The average molecular weight is 277 g/mol. The highest BCUT2D eigenvalue weighted by Gasteiger charge is 2.11. The fourth-order valence-electron chi connectivity index (χ4n) is 1.67. The fourth-order valence-corrected chi connectivity index (χ4v) is 2.55. The van der Waals surface area contributed by atoms with E-state index in [-0.39, 0.29) is 5.78 Å². The molecule has 0 atom stereocenters. The first kappa shape index (κ1) is 13.2. The minimum atomic E-state index is -0.0337. The highest BCUT2D eigenvalue weighted by molar-refractivity contribution is 7.99. The normalized spacial score (nSPS) is 10.3. The van der Waals surface area contributed by atoms with E-state index in [1.165, 1.54) is 4.90 Å². The van der Waals surface area contributed by atoms with Gasteiger partial charge in [0.1, 0.15) is 0 Å². The van der Waals surface area contributed by atoms with E-state index in [9.17, 15) is 4.79 Å². The summed E-state index contributed by atoms with van der Waals surface area (Å²) in [6.07, 6.45) is 0. The molecule has 18 heavy (non-hydrogen) atoms. The standard InChI is InChI=1S/C15H13ClOS/c1-2-18-12-9-7-11(8-10-12)15(17)13-5-3-4-6-14(13)16/h3-10H,2H2,1H3. The number of carbonyl (C=O) groups excluding carboxylic acids is 1. The Morgan fingerprint density at radius 1 is 1.11 bits per heavy atom. The molecule has 0 N–H and O–H groups in total. The summed E-state index contributed by atoms with van der Waals surface area (Å²) in [5.74, 6) is 0.992. The van der Waals surface area contributed by atoms with Crippen LogP contribution in [0.1, 0.15) is 22.8 Å². The number of thioether (sulfide) groups is 1. The molecule has 0 aromatic heterocycles. The molecule has 3 heteroatoms. The third-order valence-corrected chi connectivity index (χ3v) is 3.77. The molecule has 92 valence electrons. The van der Waals surface area contributed by atoms with Gasteiger partial charge in [-0.15, -0.1) is 11.8 Å². The molecule has 0 fully saturated rings. The van der Waals surface area contributed by atoms with Gasteiger partial charge in [-0.25, -0.2) is 0 Å². The van der Waals surface area contributed by atoms with Crippen molar-refractivity contribution in [2.45, 2.75) is 11.8 Å². The zero-order valence-corrected chi connectivity index (χ0v) is 11.6. The Hall–Kier alpha value is -1.25. The van der Waals surface area contributed by atoms with Gasteiger partial charge in [0.15, 0.2) is 5.78 Å². The minimum Gasteiger partial charge on any atom is -0.289 e. The number of halogens is 1. The van der Waals surface area contributed by atoms with Gasteiger partial charge in [0.2, 0.25) is 0 Å². The molecule has 0 radical (unpaired) electrons. The third-order valence-electron chi connectivity index (χ3n) is 2.55. The van der Waals surface area contributed by atoms with Gasteiger partial charge in [-0.05, 0) is 42.2 Å². The van der Waals surface area contributed by atoms with Gasteiger partial charge in [-0.2, -0.15) is 0 Å². The summed E-state index contributed by atoms with van der Waals surface area (Å²) in [6.45, 7) is 2.10. The average Bonchev–Trinajstić information content (AvgIpc) is 2.40. The molecule has 0 spiro atoms. The van der Waals surface area contributed by atoms with Crippen molar-refractivity contribution in [2.75, 3.05) is 5.75 Å². The van der Waals surface area contributed by atoms with Gasteiger partial charge >= 0.3 is 0 Å². The summed E-state index contributed by atoms with van der Waals surface area (Å²) in [5, 5.41) is 0.495. The molecule has 1 nitrogen and oxygen atoms in total. The van der Waals surface area contributed by atoms with Crippen LogP contribution in [-0.2, 0) is 0 Å². The Bertz CT molecular complexity index is 549. The van der Waals surface area contributed by atoms with E-state index in [0.717, 1.165) is 5.75 Å². The molecule has 0 saturated heterocycles. The van der Waals surface area contributed by atoms with Crippen molar-refractivity contribution in [1.29, 1.82) is 0 Å². The Morgan fingerprint density at radius 2 is 1.78 bits per heavy atom. The molecule has 2 aromatic carbocycles. The van der Waals surface area contributed by atoms with Crippen molar-refractivity contribution in [2.24, 2.45) is 0 Å². The lowest BCUT2D eigenvalue weighted by molar-refractivity contribution is 0.103. The van der Waals surface area contributed by atoms with Crippen molar-refractivity contribution < 1.29 is 4.79 Å². The number of hydrogen-bond donors (Lipinski definition) is 0. The highest BCUT2D eigenvalue weighted by Crippen LogP contribution is 2.22. The summed E-state index contributed by atoms with van der Waals surface area (Å²) in [4.78, 5) is 13.4. The molecule has 2 aromatic rings. The Kier molecular flexibility index (Phi) is 4.45. The molecule has 0 heterocycles. The molecule has 0 aliphatic carbocycles. The molecule has 0 aliphatic heterocycles. The van der Waals surface area contributed by atoms with Crippen LogP contribution in [0, 0.1) is 0 Å². The van der Waals surface area contributed by atoms with Crippen LogP contribution in [0.5, 0.6) is 0 Å². The maximum absolute atomic E-state index is 12.2. The number of benzene rings is 2. The molecule has 0 unspecified atom stereocenters. The lowest BCUT2D eigenvalue weighted by Gasteiger charge is -2.04. The van der Waals surface area contributed by atoms with Crippen molar-refractivity contribution >= 4 is 29.1 Å². The van der Waals surface area contributed by atoms with Crippen LogP contribution in [0.15, 0.2) is 53.4 Å². The molecule has 0 amide bonds. The lowest BCUT2D eigenvalue weighted by Crippen LogP contribution is -2.01. The maximum atomic E-state index is 12.2. The van der Waals surface area contributed by atoms with Crippen LogP contribution in [0.4, 0.5) is 0 Å². The summed E-state index contributed by atoms with van der Waals surface area (Å²) in [5.41, 5.74) is 1.22. The van der Waals surface area contributed by atoms with Gasteiger partial charge in [-0.3, -0.25) is 4.79 Å². The fraction of sp³-hybridized carbons (Fsp3) is 0.133. The Labute approximate surface area is 116 Å². The summed E-state index contributed by atoms with van der Waals surface area (Å²) in [7, 11) is 0. The van der Waals surface area contributed by atoms with E-state index in [2.05, 4.69) is 6.92 Å². The number of ketones is 1. The zero-order chi connectivity index (χ0) is 13.0. The quantitative estimate of drug-likeness (QED) is 0.596. The van der Waals surface area contributed by atoms with Crippen LogP contribution < -0.4 is 0 Å². The highest BCUT2D eigenvalue weighted by atomic mass is 35.5. The number of hydrogen-bond acceptors (Lipinski definition) is 2. The number of carbonyl (C=O) groups is 1. The first-order valence-electron chi connectivity index (χ1n) is 5.74. The molecular weight excluding hydrogens is 264 g/mol. The predicted octanol–water partition coefficient (Wildman–Crippen LogP) is 4.68. The van der Waals surface area contributed by atoms with Gasteiger partial charge in [-0.1, -0.05) is 30.7 Å². The maximum Gasteiger partial charge on any atom is 0.194 e. The SMILES string of the molecule is CCSc1ccc(C(=O)c2ccccc2Cl)cc1. The van der Waals surface area contributed by atoms with Crippen LogP contribution >= 0.6 is 23.4 Å². The first-order chi connectivity index (χ1) is 8.72. The number of rotatable bonds is 4. The summed E-state index contributed by atoms with van der Waals surface area (Å²) in [6, 6.07) is 14.8. The van der Waals surface area contributed by atoms with E-state index in [4.69, 9.17) is 11.6 Å². The molecule has 0 saturated carbocycles. The first-order valence-corrected chi connectivity index (χ1v) is 7.11. The minimum absolute atomic E-state index is 0.0337. The molecular formula is C15H13ClOS. The van der Waals surface area contributed by atoms with Crippen LogP contribution in [0.25, 0.3) is 0 Å². The smallest absolute Gasteiger partial charge is 0.194 e. The summed E-state index contributed by atoms with van der Waals surface area (Å²) < 4.78 is 0. The summed E-state index contributed by atoms with van der Waals surface area (Å²) >= 11 is 7.78. The topological polar surface area (TPSA) is 17.1 Å².